The summed E-state index contributed by atoms with van der Waals surface area (Å²) < 4.78 is 11.0. The van der Waals surface area contributed by atoms with Crippen molar-refractivity contribution >= 4 is 46.4 Å². The molecule has 0 unspecified atom stereocenters. The molecule has 0 fully saturated rings. The molecule has 0 saturated heterocycles. The standard InChI is InChI=1S/C29H28ClN3O5/c1-4-37-23-15-11-22(12-16-23)33-28(35)26(30)27(29(33)36)32-21-7-5-19(6-8-21)17-25(34)31-20-9-13-24(14-10-20)38-18(2)3/h5-16,18,32H,4,17H2,1-3H3,(H,31,34). The Labute approximate surface area is 226 Å². The van der Waals surface area contributed by atoms with Gasteiger partial charge in [0.1, 0.15) is 22.2 Å². The lowest BCUT2D eigenvalue weighted by molar-refractivity contribution is -0.120. The highest BCUT2D eigenvalue weighted by Gasteiger charge is 2.39. The summed E-state index contributed by atoms with van der Waals surface area (Å²) in [5.41, 5.74) is 2.38. The van der Waals surface area contributed by atoms with Crippen molar-refractivity contribution in [2.75, 3.05) is 22.1 Å². The van der Waals surface area contributed by atoms with E-state index in [1.165, 1.54) is 0 Å². The van der Waals surface area contributed by atoms with Gasteiger partial charge in [0.05, 0.1) is 24.8 Å². The van der Waals surface area contributed by atoms with E-state index in [4.69, 9.17) is 21.1 Å². The van der Waals surface area contributed by atoms with Crippen molar-refractivity contribution in [2.45, 2.75) is 33.3 Å². The average Bonchev–Trinajstić information content (AvgIpc) is 3.10. The van der Waals surface area contributed by atoms with Gasteiger partial charge in [0.25, 0.3) is 11.8 Å². The van der Waals surface area contributed by atoms with Gasteiger partial charge in [-0.05, 0) is 87.0 Å². The van der Waals surface area contributed by atoms with Crippen LogP contribution in [0.25, 0.3) is 0 Å². The maximum absolute atomic E-state index is 13.0. The first-order valence-corrected chi connectivity index (χ1v) is 12.6. The van der Waals surface area contributed by atoms with Crippen LogP contribution in [0.2, 0.25) is 0 Å². The number of ether oxygens (including phenoxy) is 2. The van der Waals surface area contributed by atoms with E-state index in [1.807, 2.05) is 32.9 Å². The van der Waals surface area contributed by atoms with E-state index in [9.17, 15) is 14.4 Å². The van der Waals surface area contributed by atoms with Crippen molar-refractivity contribution in [3.63, 3.8) is 0 Å². The molecule has 38 heavy (non-hydrogen) atoms. The molecule has 0 radical (unpaired) electrons. The minimum atomic E-state index is -0.611. The van der Waals surface area contributed by atoms with Crippen LogP contribution in [0.15, 0.2) is 83.5 Å². The van der Waals surface area contributed by atoms with Gasteiger partial charge in [0.2, 0.25) is 5.91 Å². The van der Waals surface area contributed by atoms with E-state index in [1.54, 1.807) is 60.7 Å². The molecular weight excluding hydrogens is 506 g/mol. The van der Waals surface area contributed by atoms with Crippen LogP contribution in [0.3, 0.4) is 0 Å². The maximum atomic E-state index is 13.0. The molecule has 1 aliphatic heterocycles. The minimum Gasteiger partial charge on any atom is -0.494 e. The van der Waals surface area contributed by atoms with Crippen molar-refractivity contribution < 1.29 is 23.9 Å². The zero-order chi connectivity index (χ0) is 27.2. The van der Waals surface area contributed by atoms with Crippen LogP contribution in [0.4, 0.5) is 17.1 Å². The van der Waals surface area contributed by atoms with Crippen LogP contribution in [-0.2, 0) is 20.8 Å². The molecule has 196 valence electrons. The van der Waals surface area contributed by atoms with Crippen LogP contribution >= 0.6 is 11.6 Å². The number of rotatable bonds is 10. The van der Waals surface area contributed by atoms with Gasteiger partial charge in [0.15, 0.2) is 0 Å². The first kappa shape index (κ1) is 26.8. The Morgan fingerprint density at radius 2 is 1.47 bits per heavy atom. The minimum absolute atomic E-state index is 0.0130. The van der Waals surface area contributed by atoms with E-state index in [0.29, 0.717) is 29.4 Å². The summed E-state index contributed by atoms with van der Waals surface area (Å²) in [6, 6.07) is 20.8. The topological polar surface area (TPSA) is 97.0 Å². The number of hydrogen-bond donors (Lipinski definition) is 2. The Balaban J connectivity index is 1.36. The molecule has 0 bridgehead atoms. The molecule has 4 rings (SSSR count). The molecule has 0 spiro atoms. The summed E-state index contributed by atoms with van der Waals surface area (Å²) in [6.07, 6.45) is 0.237. The summed E-state index contributed by atoms with van der Waals surface area (Å²) in [6.45, 7) is 6.28. The molecule has 0 aliphatic carbocycles. The highest BCUT2D eigenvalue weighted by molar-refractivity contribution is 6.53. The zero-order valence-electron chi connectivity index (χ0n) is 21.3. The van der Waals surface area contributed by atoms with Gasteiger partial charge in [-0.2, -0.15) is 0 Å². The third-order valence-corrected chi connectivity index (χ3v) is 5.88. The molecule has 1 heterocycles. The summed E-state index contributed by atoms with van der Waals surface area (Å²) in [5, 5.41) is 5.60. The number of nitrogens with one attached hydrogen (secondary N) is 2. The molecule has 3 aromatic carbocycles. The predicted octanol–water partition coefficient (Wildman–Crippen LogP) is 5.49. The molecule has 3 aromatic rings. The second-order valence-corrected chi connectivity index (χ2v) is 9.18. The van der Waals surface area contributed by atoms with Crippen molar-refractivity contribution in [2.24, 2.45) is 0 Å². The number of anilines is 3. The summed E-state index contributed by atoms with van der Waals surface area (Å²) in [5.74, 6) is 0.0337. The third kappa shape index (κ3) is 6.33. The van der Waals surface area contributed by atoms with Crippen LogP contribution in [0, 0.1) is 0 Å². The van der Waals surface area contributed by atoms with Crippen molar-refractivity contribution in [3.05, 3.63) is 89.1 Å². The van der Waals surface area contributed by atoms with Crippen LogP contribution in [0.1, 0.15) is 26.3 Å². The molecule has 1 aliphatic rings. The number of amides is 3. The van der Waals surface area contributed by atoms with Crippen LogP contribution < -0.4 is 25.0 Å². The molecule has 8 nitrogen and oxygen atoms in total. The average molecular weight is 534 g/mol. The number of halogens is 1. The van der Waals surface area contributed by atoms with Crippen LogP contribution in [0.5, 0.6) is 11.5 Å². The van der Waals surface area contributed by atoms with Crippen molar-refractivity contribution in [1.29, 1.82) is 0 Å². The lowest BCUT2D eigenvalue weighted by Gasteiger charge is -2.15. The molecule has 0 saturated carbocycles. The number of nitrogens with zero attached hydrogens (tertiary/aromatic N) is 1. The van der Waals surface area contributed by atoms with E-state index >= 15 is 0 Å². The maximum Gasteiger partial charge on any atom is 0.283 e. The summed E-state index contributed by atoms with van der Waals surface area (Å²) in [7, 11) is 0. The van der Waals surface area contributed by atoms with Gasteiger partial charge in [0, 0.05) is 11.4 Å². The third-order valence-electron chi connectivity index (χ3n) is 5.53. The molecule has 9 heteroatoms. The van der Waals surface area contributed by atoms with Crippen molar-refractivity contribution in [3.8, 4) is 11.5 Å². The zero-order valence-corrected chi connectivity index (χ0v) is 22.0. The highest BCUT2D eigenvalue weighted by Crippen LogP contribution is 2.31. The van der Waals surface area contributed by atoms with Gasteiger partial charge in [-0.25, -0.2) is 4.90 Å². The SMILES string of the molecule is CCOc1ccc(N2C(=O)C(Cl)=C(Nc3ccc(CC(=O)Nc4ccc(OC(C)C)cc4)cc3)C2=O)cc1. The largest absolute Gasteiger partial charge is 0.494 e. The number of imide groups is 1. The predicted molar refractivity (Wildman–Crippen MR) is 148 cm³/mol. The fourth-order valence-corrected chi connectivity index (χ4v) is 4.05. The van der Waals surface area contributed by atoms with Gasteiger partial charge in [-0.15, -0.1) is 0 Å². The Morgan fingerprint density at radius 3 is 2.08 bits per heavy atom. The Kier molecular flexibility index (Phi) is 8.33. The second-order valence-electron chi connectivity index (χ2n) is 8.80. The highest BCUT2D eigenvalue weighted by atomic mass is 35.5. The number of hydrogen-bond acceptors (Lipinski definition) is 6. The van der Waals surface area contributed by atoms with Crippen LogP contribution in [-0.4, -0.2) is 30.4 Å². The second kappa shape index (κ2) is 11.8. The Hall–Kier alpha value is -4.30. The van der Waals surface area contributed by atoms with E-state index in [-0.39, 0.29) is 29.2 Å². The number of benzene rings is 3. The smallest absolute Gasteiger partial charge is 0.283 e. The lowest BCUT2D eigenvalue weighted by atomic mass is 10.1. The summed E-state index contributed by atoms with van der Waals surface area (Å²) >= 11 is 6.23. The first-order valence-electron chi connectivity index (χ1n) is 12.2. The normalized spacial score (nSPS) is 13.2. The fourth-order valence-electron chi connectivity index (χ4n) is 3.83. The van der Waals surface area contributed by atoms with E-state index in [2.05, 4.69) is 10.6 Å². The van der Waals surface area contributed by atoms with Gasteiger partial charge in [-0.1, -0.05) is 23.7 Å². The number of carbonyl (C=O) groups excluding carboxylic acids is 3. The van der Waals surface area contributed by atoms with Gasteiger partial charge >= 0.3 is 0 Å². The quantitative estimate of drug-likeness (QED) is 0.334. The number of carbonyl (C=O) groups is 3. The molecule has 2 N–H and O–H groups in total. The van der Waals surface area contributed by atoms with E-state index < -0.39 is 11.8 Å². The molecular formula is C29H28ClN3O5. The molecule has 0 aromatic heterocycles. The van der Waals surface area contributed by atoms with E-state index in [0.717, 1.165) is 16.2 Å². The monoisotopic (exact) mass is 533 g/mol. The molecule has 3 amide bonds. The summed E-state index contributed by atoms with van der Waals surface area (Å²) in [4.78, 5) is 39.2. The fraction of sp³-hybridized carbons (Fsp3) is 0.207. The molecule has 0 atom stereocenters. The van der Waals surface area contributed by atoms with Gasteiger partial charge in [-0.3, -0.25) is 14.4 Å². The first-order chi connectivity index (χ1) is 18.2. The van der Waals surface area contributed by atoms with Crippen molar-refractivity contribution in [1.82, 2.24) is 0 Å². The van der Waals surface area contributed by atoms with Gasteiger partial charge < -0.3 is 20.1 Å². The Morgan fingerprint density at radius 1 is 0.868 bits per heavy atom. The lowest BCUT2D eigenvalue weighted by Crippen LogP contribution is -2.32. The Bertz CT molecular complexity index is 1350.